The summed E-state index contributed by atoms with van der Waals surface area (Å²) in [5, 5.41) is 3.94. The van der Waals surface area contributed by atoms with Gasteiger partial charge in [-0.1, -0.05) is 0 Å². The number of aromatic amines is 1. The Bertz CT molecular complexity index is 987. The van der Waals surface area contributed by atoms with Crippen molar-refractivity contribution in [2.45, 2.75) is 6.54 Å². The molecule has 0 spiro atoms. The molecule has 4 rings (SSSR count). The summed E-state index contributed by atoms with van der Waals surface area (Å²) in [5.41, 5.74) is 3.46. The van der Waals surface area contributed by atoms with Gasteiger partial charge < -0.3 is 14.7 Å². The van der Waals surface area contributed by atoms with Crippen LogP contribution in [0.1, 0.15) is 15.9 Å². The number of fused-ring (bicyclic) bond motifs is 1. The van der Waals surface area contributed by atoms with Gasteiger partial charge >= 0.3 is 0 Å². The number of carbonyl (C=O) groups excluding carboxylic acids is 1. The predicted octanol–water partition coefficient (Wildman–Crippen LogP) is 3.75. The van der Waals surface area contributed by atoms with Crippen LogP contribution in [0.25, 0.3) is 22.2 Å². The first-order chi connectivity index (χ1) is 11.8. The van der Waals surface area contributed by atoms with Crippen LogP contribution in [0.15, 0.2) is 71.7 Å². The molecule has 0 unspecified atom stereocenters. The van der Waals surface area contributed by atoms with Gasteiger partial charge in [-0.25, -0.2) is 0 Å². The minimum Gasteiger partial charge on any atom is -0.464 e. The molecule has 0 aliphatic carbocycles. The van der Waals surface area contributed by atoms with Crippen molar-refractivity contribution >= 4 is 16.8 Å². The van der Waals surface area contributed by atoms with Crippen LogP contribution in [0, 0.1) is 0 Å². The van der Waals surface area contributed by atoms with Crippen molar-refractivity contribution in [1.82, 2.24) is 15.3 Å². The molecule has 3 aromatic heterocycles. The molecule has 0 aliphatic rings. The highest BCUT2D eigenvalue weighted by atomic mass is 16.3. The van der Waals surface area contributed by atoms with E-state index in [0.29, 0.717) is 12.1 Å². The monoisotopic (exact) mass is 317 g/mol. The van der Waals surface area contributed by atoms with Crippen LogP contribution in [-0.2, 0) is 6.54 Å². The van der Waals surface area contributed by atoms with Crippen molar-refractivity contribution in [3.05, 3.63) is 78.4 Å². The van der Waals surface area contributed by atoms with E-state index in [0.717, 1.165) is 27.8 Å². The van der Waals surface area contributed by atoms with E-state index < -0.39 is 0 Å². The van der Waals surface area contributed by atoms with Gasteiger partial charge in [0.1, 0.15) is 5.76 Å². The number of carbonyl (C=O) groups is 1. The summed E-state index contributed by atoms with van der Waals surface area (Å²) in [6.07, 6.45) is 6.96. The fraction of sp³-hybridized carbons (Fsp3) is 0.0526. The Morgan fingerprint density at radius 3 is 3.00 bits per heavy atom. The Balaban J connectivity index is 1.48. The first kappa shape index (κ1) is 14.3. The van der Waals surface area contributed by atoms with Crippen LogP contribution < -0.4 is 5.32 Å². The molecule has 5 heteroatoms. The van der Waals surface area contributed by atoms with Crippen LogP contribution >= 0.6 is 0 Å². The summed E-state index contributed by atoms with van der Waals surface area (Å²) in [4.78, 5) is 19.7. The molecule has 118 valence electrons. The van der Waals surface area contributed by atoms with E-state index in [1.807, 2.05) is 48.7 Å². The molecular weight excluding hydrogens is 302 g/mol. The van der Waals surface area contributed by atoms with E-state index >= 15 is 0 Å². The Morgan fingerprint density at radius 1 is 1.17 bits per heavy atom. The second kappa shape index (κ2) is 6.04. The molecule has 0 atom stereocenters. The molecule has 3 heterocycles. The van der Waals surface area contributed by atoms with Crippen molar-refractivity contribution in [1.29, 1.82) is 0 Å². The Kier molecular flexibility index (Phi) is 3.59. The Hall–Kier alpha value is -3.34. The quantitative estimate of drug-likeness (QED) is 0.602. The highest BCUT2D eigenvalue weighted by Gasteiger charge is 2.08. The van der Waals surface area contributed by atoms with Crippen LogP contribution in [-0.4, -0.2) is 15.9 Å². The third-order valence-corrected chi connectivity index (χ3v) is 3.87. The van der Waals surface area contributed by atoms with Gasteiger partial charge in [-0.3, -0.25) is 9.78 Å². The summed E-state index contributed by atoms with van der Waals surface area (Å²) in [7, 11) is 0. The standard InChI is InChI=1S/C19H15N3O2/c23-19(15-3-4-17-14(9-15)5-6-21-17)22-11-13-8-16(12-20-10-13)18-2-1-7-24-18/h1-10,12,21H,11H2,(H,22,23). The number of H-pyrrole nitrogens is 1. The average molecular weight is 317 g/mol. The van der Waals surface area contributed by atoms with Crippen molar-refractivity contribution in [3.8, 4) is 11.3 Å². The zero-order valence-electron chi connectivity index (χ0n) is 12.8. The second-order valence-electron chi connectivity index (χ2n) is 5.52. The fourth-order valence-corrected chi connectivity index (χ4v) is 2.64. The number of nitrogens with zero attached hydrogens (tertiary/aromatic N) is 1. The molecule has 4 aromatic rings. The number of rotatable bonds is 4. The molecule has 0 saturated carbocycles. The van der Waals surface area contributed by atoms with E-state index in [1.54, 1.807) is 18.7 Å². The van der Waals surface area contributed by atoms with Crippen LogP contribution in [0.4, 0.5) is 0 Å². The minimum atomic E-state index is -0.110. The minimum absolute atomic E-state index is 0.110. The zero-order chi connectivity index (χ0) is 16.4. The molecule has 24 heavy (non-hydrogen) atoms. The summed E-state index contributed by atoms with van der Waals surface area (Å²) in [5.74, 6) is 0.648. The van der Waals surface area contributed by atoms with Crippen LogP contribution in [0.3, 0.4) is 0 Å². The fourth-order valence-electron chi connectivity index (χ4n) is 2.64. The molecule has 5 nitrogen and oxygen atoms in total. The molecule has 0 radical (unpaired) electrons. The number of furan rings is 1. The number of hydrogen-bond acceptors (Lipinski definition) is 3. The normalized spacial score (nSPS) is 10.8. The van der Waals surface area contributed by atoms with Crippen LogP contribution in [0.2, 0.25) is 0 Å². The third kappa shape index (κ3) is 2.79. The number of nitrogens with one attached hydrogen (secondary N) is 2. The average Bonchev–Trinajstić information content (AvgIpc) is 3.30. The molecule has 0 aliphatic heterocycles. The number of hydrogen-bond donors (Lipinski definition) is 2. The molecule has 0 bridgehead atoms. The van der Waals surface area contributed by atoms with E-state index in [1.165, 1.54) is 0 Å². The van der Waals surface area contributed by atoms with E-state index in [4.69, 9.17) is 4.42 Å². The molecular formula is C19H15N3O2. The second-order valence-corrected chi connectivity index (χ2v) is 5.52. The van der Waals surface area contributed by atoms with E-state index in [9.17, 15) is 4.79 Å². The highest BCUT2D eigenvalue weighted by molar-refractivity contribution is 5.98. The molecule has 2 N–H and O–H groups in total. The maximum atomic E-state index is 12.3. The van der Waals surface area contributed by atoms with Crippen LogP contribution in [0.5, 0.6) is 0 Å². The third-order valence-electron chi connectivity index (χ3n) is 3.87. The van der Waals surface area contributed by atoms with Gasteiger partial charge in [0.25, 0.3) is 5.91 Å². The summed E-state index contributed by atoms with van der Waals surface area (Å²) in [6, 6.07) is 13.2. The van der Waals surface area contributed by atoms with Gasteiger partial charge in [0, 0.05) is 47.2 Å². The molecule has 1 amide bonds. The summed E-state index contributed by atoms with van der Waals surface area (Å²) < 4.78 is 5.37. The largest absolute Gasteiger partial charge is 0.464 e. The van der Waals surface area contributed by atoms with Crippen molar-refractivity contribution in [3.63, 3.8) is 0 Å². The topological polar surface area (TPSA) is 70.9 Å². The van der Waals surface area contributed by atoms with Crippen molar-refractivity contribution in [2.24, 2.45) is 0 Å². The van der Waals surface area contributed by atoms with Gasteiger partial charge in [-0.2, -0.15) is 0 Å². The highest BCUT2D eigenvalue weighted by Crippen LogP contribution is 2.19. The maximum absolute atomic E-state index is 12.3. The zero-order valence-corrected chi connectivity index (χ0v) is 12.8. The molecule has 0 saturated heterocycles. The lowest BCUT2D eigenvalue weighted by atomic mass is 10.1. The maximum Gasteiger partial charge on any atom is 0.251 e. The first-order valence-electron chi connectivity index (χ1n) is 7.63. The van der Waals surface area contributed by atoms with Gasteiger partial charge in [0.15, 0.2) is 0 Å². The number of aromatic nitrogens is 2. The molecule has 1 aromatic carbocycles. The molecule has 0 fully saturated rings. The Labute approximate surface area is 138 Å². The first-order valence-corrected chi connectivity index (χ1v) is 7.63. The number of amides is 1. The van der Waals surface area contributed by atoms with E-state index in [-0.39, 0.29) is 5.91 Å². The summed E-state index contributed by atoms with van der Waals surface area (Å²) in [6.45, 7) is 0.408. The lowest BCUT2D eigenvalue weighted by Gasteiger charge is -2.06. The van der Waals surface area contributed by atoms with Crippen molar-refractivity contribution in [2.75, 3.05) is 0 Å². The van der Waals surface area contributed by atoms with Crippen molar-refractivity contribution < 1.29 is 9.21 Å². The SMILES string of the molecule is O=C(NCc1cncc(-c2ccco2)c1)c1ccc2[nH]ccc2c1. The lowest BCUT2D eigenvalue weighted by molar-refractivity contribution is 0.0951. The van der Waals surface area contributed by atoms with Gasteiger partial charge in [-0.15, -0.1) is 0 Å². The number of pyridine rings is 1. The van der Waals surface area contributed by atoms with Gasteiger partial charge in [0.2, 0.25) is 0 Å². The van der Waals surface area contributed by atoms with Gasteiger partial charge in [-0.05, 0) is 48.0 Å². The smallest absolute Gasteiger partial charge is 0.251 e. The lowest BCUT2D eigenvalue weighted by Crippen LogP contribution is -2.22. The Morgan fingerprint density at radius 2 is 2.12 bits per heavy atom. The van der Waals surface area contributed by atoms with E-state index in [2.05, 4.69) is 15.3 Å². The van der Waals surface area contributed by atoms with Gasteiger partial charge in [0.05, 0.1) is 6.26 Å². The summed E-state index contributed by atoms with van der Waals surface area (Å²) >= 11 is 0. The predicted molar refractivity (Wildman–Crippen MR) is 91.4 cm³/mol. The number of benzene rings is 1.